The van der Waals surface area contributed by atoms with Crippen LogP contribution in [0.3, 0.4) is 0 Å². The maximum Gasteiger partial charge on any atom is 0.246 e. The van der Waals surface area contributed by atoms with Gasteiger partial charge in [-0.2, -0.15) is 4.31 Å². The van der Waals surface area contributed by atoms with Gasteiger partial charge in [0.1, 0.15) is 22.1 Å². The van der Waals surface area contributed by atoms with Crippen molar-refractivity contribution in [1.29, 1.82) is 0 Å². The molecule has 0 fully saturated rings. The van der Waals surface area contributed by atoms with Crippen LogP contribution in [0.5, 0.6) is 17.2 Å². The molecule has 0 aromatic heterocycles. The van der Waals surface area contributed by atoms with E-state index in [4.69, 9.17) is 14.2 Å². The average molecular weight is 365 g/mol. The van der Waals surface area contributed by atoms with Gasteiger partial charge in [0.2, 0.25) is 10.0 Å². The zero-order valence-electron chi connectivity index (χ0n) is 14.9. The van der Waals surface area contributed by atoms with E-state index in [1.54, 1.807) is 12.1 Å². The lowest BCUT2D eigenvalue weighted by Gasteiger charge is -2.19. The first-order valence-corrected chi connectivity index (χ1v) is 9.26. The smallest absolute Gasteiger partial charge is 0.246 e. The third-order valence-corrected chi connectivity index (χ3v) is 5.50. The SMILES string of the molecule is CCOc1cccc(CN(C)S(=O)(=O)c2cc(OC)ccc2OC)c1. The Morgan fingerprint density at radius 3 is 2.40 bits per heavy atom. The minimum Gasteiger partial charge on any atom is -0.497 e. The Labute approximate surface area is 149 Å². The molecule has 0 N–H and O–H groups in total. The molecule has 0 heterocycles. The summed E-state index contributed by atoms with van der Waals surface area (Å²) >= 11 is 0. The molecule has 0 spiro atoms. The van der Waals surface area contributed by atoms with E-state index >= 15 is 0 Å². The lowest BCUT2D eigenvalue weighted by molar-refractivity contribution is 0.339. The first kappa shape index (κ1) is 19.1. The van der Waals surface area contributed by atoms with Gasteiger partial charge in [-0.15, -0.1) is 0 Å². The molecule has 136 valence electrons. The van der Waals surface area contributed by atoms with Crippen molar-refractivity contribution in [3.8, 4) is 17.2 Å². The molecule has 25 heavy (non-hydrogen) atoms. The number of benzene rings is 2. The third-order valence-electron chi connectivity index (χ3n) is 3.67. The summed E-state index contributed by atoms with van der Waals surface area (Å²) in [5.41, 5.74) is 0.832. The summed E-state index contributed by atoms with van der Waals surface area (Å²) in [6.45, 7) is 2.67. The number of rotatable bonds is 8. The van der Waals surface area contributed by atoms with Crippen LogP contribution in [0.15, 0.2) is 47.4 Å². The molecule has 0 radical (unpaired) electrons. The summed E-state index contributed by atoms with van der Waals surface area (Å²) in [7, 11) is 0.703. The molecule has 2 aromatic carbocycles. The van der Waals surface area contributed by atoms with E-state index in [9.17, 15) is 8.42 Å². The summed E-state index contributed by atoms with van der Waals surface area (Å²) in [5, 5.41) is 0. The van der Waals surface area contributed by atoms with Gasteiger partial charge in [-0.3, -0.25) is 0 Å². The minimum atomic E-state index is -3.75. The van der Waals surface area contributed by atoms with Crippen molar-refractivity contribution in [2.45, 2.75) is 18.4 Å². The van der Waals surface area contributed by atoms with Crippen molar-refractivity contribution in [2.24, 2.45) is 0 Å². The first-order valence-electron chi connectivity index (χ1n) is 7.82. The van der Waals surface area contributed by atoms with E-state index in [0.29, 0.717) is 18.1 Å². The highest BCUT2D eigenvalue weighted by molar-refractivity contribution is 7.89. The first-order chi connectivity index (χ1) is 11.9. The maximum absolute atomic E-state index is 13.0. The molecule has 0 aliphatic heterocycles. The van der Waals surface area contributed by atoms with Crippen molar-refractivity contribution < 1.29 is 22.6 Å². The highest BCUT2D eigenvalue weighted by Gasteiger charge is 2.25. The fraction of sp³-hybridized carbons (Fsp3) is 0.333. The van der Waals surface area contributed by atoms with Crippen molar-refractivity contribution in [1.82, 2.24) is 4.31 Å². The normalized spacial score (nSPS) is 11.4. The second kappa shape index (κ2) is 8.22. The molecule has 0 bridgehead atoms. The van der Waals surface area contributed by atoms with Crippen LogP contribution in [0, 0.1) is 0 Å². The molecule has 7 heteroatoms. The Kier molecular flexibility index (Phi) is 6.27. The largest absolute Gasteiger partial charge is 0.497 e. The fourth-order valence-electron chi connectivity index (χ4n) is 2.40. The van der Waals surface area contributed by atoms with Crippen molar-refractivity contribution in [3.05, 3.63) is 48.0 Å². The van der Waals surface area contributed by atoms with Gasteiger partial charge >= 0.3 is 0 Å². The van der Waals surface area contributed by atoms with Crippen LogP contribution in [0.4, 0.5) is 0 Å². The van der Waals surface area contributed by atoms with Crippen LogP contribution >= 0.6 is 0 Å². The van der Waals surface area contributed by atoms with Gasteiger partial charge in [0, 0.05) is 19.7 Å². The number of ether oxygens (including phenoxy) is 3. The van der Waals surface area contributed by atoms with Crippen molar-refractivity contribution >= 4 is 10.0 Å². The van der Waals surface area contributed by atoms with Crippen molar-refractivity contribution in [3.63, 3.8) is 0 Å². The maximum atomic E-state index is 13.0. The summed E-state index contributed by atoms with van der Waals surface area (Å²) in [4.78, 5) is 0.0674. The van der Waals surface area contributed by atoms with E-state index < -0.39 is 10.0 Å². The van der Waals surface area contributed by atoms with E-state index in [0.717, 1.165) is 5.56 Å². The van der Waals surface area contributed by atoms with E-state index in [1.807, 2.05) is 31.2 Å². The van der Waals surface area contributed by atoms with Gasteiger partial charge in [0.05, 0.1) is 20.8 Å². The second-order valence-electron chi connectivity index (χ2n) is 5.36. The Morgan fingerprint density at radius 2 is 1.76 bits per heavy atom. The zero-order chi connectivity index (χ0) is 18.4. The van der Waals surface area contributed by atoms with Gasteiger partial charge in [-0.05, 0) is 36.8 Å². The summed E-state index contributed by atoms with van der Waals surface area (Å²) < 4.78 is 43.0. The van der Waals surface area contributed by atoms with Crippen LogP contribution < -0.4 is 14.2 Å². The van der Waals surface area contributed by atoms with Gasteiger partial charge < -0.3 is 14.2 Å². The molecular formula is C18H23NO5S. The molecule has 0 unspecified atom stereocenters. The van der Waals surface area contributed by atoms with Gasteiger partial charge in [0.15, 0.2) is 0 Å². The highest BCUT2D eigenvalue weighted by Crippen LogP contribution is 2.30. The number of sulfonamides is 1. The Morgan fingerprint density at radius 1 is 1.00 bits per heavy atom. The monoisotopic (exact) mass is 365 g/mol. The third kappa shape index (κ3) is 4.43. The summed E-state index contributed by atoms with van der Waals surface area (Å²) in [5.74, 6) is 1.44. The van der Waals surface area contributed by atoms with Crippen LogP contribution in [0.2, 0.25) is 0 Å². The lowest BCUT2D eigenvalue weighted by Crippen LogP contribution is -2.27. The quantitative estimate of drug-likeness (QED) is 0.720. The number of hydrogen-bond acceptors (Lipinski definition) is 5. The molecular weight excluding hydrogens is 342 g/mol. The van der Waals surface area contributed by atoms with Gasteiger partial charge in [-0.1, -0.05) is 12.1 Å². The summed E-state index contributed by atoms with van der Waals surface area (Å²) in [6, 6.07) is 12.1. The Bertz CT molecular complexity index is 820. The lowest BCUT2D eigenvalue weighted by atomic mass is 10.2. The van der Waals surface area contributed by atoms with E-state index in [2.05, 4.69) is 0 Å². The van der Waals surface area contributed by atoms with E-state index in [1.165, 1.54) is 31.6 Å². The molecule has 0 saturated carbocycles. The fourth-order valence-corrected chi connectivity index (χ4v) is 3.72. The number of nitrogens with zero attached hydrogens (tertiary/aromatic N) is 1. The topological polar surface area (TPSA) is 65.1 Å². The van der Waals surface area contributed by atoms with Gasteiger partial charge in [0.25, 0.3) is 0 Å². The van der Waals surface area contributed by atoms with E-state index in [-0.39, 0.29) is 17.2 Å². The van der Waals surface area contributed by atoms with Crippen LogP contribution in [0.25, 0.3) is 0 Å². The van der Waals surface area contributed by atoms with Gasteiger partial charge in [-0.25, -0.2) is 8.42 Å². The molecule has 0 aliphatic rings. The Hall–Kier alpha value is -2.25. The minimum absolute atomic E-state index is 0.0674. The summed E-state index contributed by atoms with van der Waals surface area (Å²) in [6.07, 6.45) is 0. The molecule has 2 rings (SSSR count). The number of hydrogen-bond donors (Lipinski definition) is 0. The molecule has 0 saturated heterocycles. The molecule has 0 atom stereocenters. The highest BCUT2D eigenvalue weighted by atomic mass is 32.2. The average Bonchev–Trinajstić information content (AvgIpc) is 2.61. The second-order valence-corrected chi connectivity index (χ2v) is 7.37. The zero-order valence-corrected chi connectivity index (χ0v) is 15.7. The van der Waals surface area contributed by atoms with Crippen LogP contribution in [0.1, 0.15) is 12.5 Å². The van der Waals surface area contributed by atoms with Crippen LogP contribution in [-0.4, -0.2) is 40.6 Å². The Balaban J connectivity index is 2.31. The predicted octanol–water partition coefficient (Wildman–Crippen LogP) is 2.92. The van der Waals surface area contributed by atoms with Crippen molar-refractivity contribution in [2.75, 3.05) is 27.9 Å². The number of methoxy groups -OCH3 is 2. The van der Waals surface area contributed by atoms with Crippen LogP contribution in [-0.2, 0) is 16.6 Å². The predicted molar refractivity (Wildman–Crippen MR) is 95.8 cm³/mol. The molecule has 0 amide bonds. The molecule has 6 nitrogen and oxygen atoms in total. The molecule has 2 aromatic rings. The molecule has 0 aliphatic carbocycles. The standard InChI is InChI=1S/C18H23NO5S/c1-5-24-16-8-6-7-14(11-16)13-19(2)25(20,21)18-12-15(22-3)9-10-17(18)23-4/h6-12H,5,13H2,1-4H3.